The minimum Gasteiger partial charge on any atom is -0.314 e. The van der Waals surface area contributed by atoms with E-state index in [0.717, 1.165) is 18.6 Å². The van der Waals surface area contributed by atoms with Crippen LogP contribution in [0.4, 0.5) is 22.0 Å². The van der Waals surface area contributed by atoms with Gasteiger partial charge in [-0.15, -0.1) is 0 Å². The predicted octanol–water partition coefficient (Wildman–Crippen LogP) is 4.61. The molecule has 0 radical (unpaired) electrons. The third kappa shape index (κ3) is 7.41. The maximum absolute atomic E-state index is 13.1. The second kappa shape index (κ2) is 8.32. The normalized spacial score (nSPS) is 13.4. The van der Waals surface area contributed by atoms with Crippen molar-refractivity contribution in [1.82, 2.24) is 5.32 Å². The topological polar surface area (TPSA) is 12.0 Å². The largest absolute Gasteiger partial charge is 0.389 e. The molecule has 21 heavy (non-hydrogen) atoms. The summed E-state index contributed by atoms with van der Waals surface area (Å²) in [5.41, 5.74) is 0.578. The predicted molar refractivity (Wildman–Crippen MR) is 72.0 cm³/mol. The van der Waals surface area contributed by atoms with Crippen molar-refractivity contribution in [2.75, 3.05) is 6.54 Å². The highest BCUT2D eigenvalue weighted by Crippen LogP contribution is 2.23. The Labute approximate surface area is 121 Å². The Morgan fingerprint density at radius 1 is 1.14 bits per heavy atom. The van der Waals surface area contributed by atoms with Gasteiger partial charge in [0.25, 0.3) is 0 Å². The van der Waals surface area contributed by atoms with Crippen molar-refractivity contribution in [3.05, 3.63) is 35.4 Å². The van der Waals surface area contributed by atoms with Gasteiger partial charge in [-0.3, -0.25) is 0 Å². The smallest absolute Gasteiger partial charge is 0.314 e. The zero-order valence-electron chi connectivity index (χ0n) is 11.9. The van der Waals surface area contributed by atoms with Crippen molar-refractivity contribution in [3.63, 3.8) is 0 Å². The number of hydrogen-bond acceptors (Lipinski definition) is 1. The fourth-order valence-corrected chi connectivity index (χ4v) is 2.12. The summed E-state index contributed by atoms with van der Waals surface area (Å²) in [6.45, 7) is 2.64. The van der Waals surface area contributed by atoms with E-state index in [1.807, 2.05) is 6.92 Å². The van der Waals surface area contributed by atoms with Gasteiger partial charge in [0.05, 0.1) is 0 Å². The molecule has 120 valence electrons. The second-order valence-electron chi connectivity index (χ2n) is 5.11. The zero-order valence-corrected chi connectivity index (χ0v) is 11.9. The van der Waals surface area contributed by atoms with Crippen LogP contribution in [-0.2, 0) is 6.42 Å². The molecule has 1 N–H and O–H groups in total. The Balaban J connectivity index is 2.57. The van der Waals surface area contributed by atoms with Crippen LogP contribution >= 0.6 is 0 Å². The van der Waals surface area contributed by atoms with Crippen LogP contribution in [0.2, 0.25) is 0 Å². The first-order valence-electron chi connectivity index (χ1n) is 7.06. The fraction of sp³-hybridized carbons (Fsp3) is 0.600. The summed E-state index contributed by atoms with van der Waals surface area (Å²) in [6.07, 6.45) is -3.37. The quantitative estimate of drug-likeness (QED) is 0.692. The van der Waals surface area contributed by atoms with Gasteiger partial charge in [0.1, 0.15) is 0 Å². The fourth-order valence-electron chi connectivity index (χ4n) is 2.12. The third-order valence-corrected chi connectivity index (χ3v) is 3.16. The van der Waals surface area contributed by atoms with Crippen LogP contribution in [0, 0.1) is 11.6 Å². The highest BCUT2D eigenvalue weighted by molar-refractivity contribution is 5.18. The summed E-state index contributed by atoms with van der Waals surface area (Å²) in [4.78, 5) is 0. The molecule has 0 aliphatic heterocycles. The molecule has 0 heterocycles. The average Bonchev–Trinajstić information content (AvgIpc) is 2.38. The first-order chi connectivity index (χ1) is 9.81. The van der Waals surface area contributed by atoms with Crippen molar-refractivity contribution in [2.24, 2.45) is 0 Å². The molecular weight excluding hydrogens is 289 g/mol. The van der Waals surface area contributed by atoms with Crippen molar-refractivity contribution in [2.45, 2.75) is 51.2 Å². The monoisotopic (exact) mass is 309 g/mol. The average molecular weight is 309 g/mol. The van der Waals surface area contributed by atoms with Gasteiger partial charge in [-0.05, 0) is 49.9 Å². The molecule has 1 rings (SSSR count). The lowest BCUT2D eigenvalue weighted by Gasteiger charge is -2.19. The van der Waals surface area contributed by atoms with Crippen molar-refractivity contribution in [3.8, 4) is 0 Å². The minimum atomic E-state index is -4.16. The second-order valence-corrected chi connectivity index (χ2v) is 5.11. The Morgan fingerprint density at radius 3 is 2.43 bits per heavy atom. The van der Waals surface area contributed by atoms with Crippen molar-refractivity contribution >= 4 is 0 Å². The van der Waals surface area contributed by atoms with E-state index in [0.29, 0.717) is 24.9 Å². The maximum atomic E-state index is 13.1. The highest BCUT2D eigenvalue weighted by Gasteiger charge is 2.26. The van der Waals surface area contributed by atoms with E-state index in [9.17, 15) is 22.0 Å². The lowest BCUT2D eigenvalue weighted by atomic mass is 10.0. The number of rotatable bonds is 8. The van der Waals surface area contributed by atoms with E-state index < -0.39 is 24.2 Å². The van der Waals surface area contributed by atoms with Gasteiger partial charge in [0, 0.05) is 12.5 Å². The Morgan fingerprint density at radius 2 is 1.86 bits per heavy atom. The van der Waals surface area contributed by atoms with E-state index in [1.54, 1.807) is 0 Å². The number of nitrogens with one attached hydrogen (secondary N) is 1. The summed E-state index contributed by atoms with van der Waals surface area (Å²) >= 11 is 0. The molecule has 0 spiro atoms. The molecular formula is C15H20F5N. The number of alkyl halides is 3. The van der Waals surface area contributed by atoms with Gasteiger partial charge in [-0.2, -0.15) is 13.2 Å². The highest BCUT2D eigenvalue weighted by atomic mass is 19.4. The molecule has 0 amide bonds. The summed E-state index contributed by atoms with van der Waals surface area (Å²) in [5.74, 6) is -1.86. The lowest BCUT2D eigenvalue weighted by molar-refractivity contribution is -0.135. The zero-order chi connectivity index (χ0) is 15.9. The Kier molecular flexibility index (Phi) is 7.08. The maximum Gasteiger partial charge on any atom is 0.389 e. The van der Waals surface area contributed by atoms with Crippen LogP contribution in [0.25, 0.3) is 0 Å². The molecule has 1 aromatic rings. The third-order valence-electron chi connectivity index (χ3n) is 3.16. The minimum absolute atomic E-state index is 0.0224. The summed E-state index contributed by atoms with van der Waals surface area (Å²) in [6, 6.07) is 3.43. The molecule has 0 bridgehead atoms. The van der Waals surface area contributed by atoms with E-state index in [1.165, 1.54) is 6.07 Å². The van der Waals surface area contributed by atoms with Crippen LogP contribution < -0.4 is 5.32 Å². The van der Waals surface area contributed by atoms with Crippen LogP contribution in [0.1, 0.15) is 38.2 Å². The summed E-state index contributed by atoms with van der Waals surface area (Å²) in [5, 5.41) is 3.15. The number of halogens is 5. The van der Waals surface area contributed by atoms with Gasteiger partial charge >= 0.3 is 6.18 Å². The molecule has 1 unspecified atom stereocenters. The van der Waals surface area contributed by atoms with Crippen LogP contribution in [0.3, 0.4) is 0 Å². The van der Waals surface area contributed by atoms with Gasteiger partial charge in [0.15, 0.2) is 11.6 Å². The van der Waals surface area contributed by atoms with Crippen LogP contribution in [0.15, 0.2) is 18.2 Å². The molecule has 0 aliphatic rings. The van der Waals surface area contributed by atoms with E-state index in [2.05, 4.69) is 5.32 Å². The van der Waals surface area contributed by atoms with Gasteiger partial charge in [0.2, 0.25) is 0 Å². The molecule has 0 fully saturated rings. The van der Waals surface area contributed by atoms with E-state index in [4.69, 9.17) is 0 Å². The number of benzene rings is 1. The SMILES string of the molecule is CCCNC(CCCC(F)(F)F)Cc1ccc(F)c(F)c1. The molecule has 0 saturated heterocycles. The summed E-state index contributed by atoms with van der Waals surface area (Å²) in [7, 11) is 0. The standard InChI is InChI=1S/C15H20F5N/c1-2-8-21-12(4-3-7-15(18,19)20)9-11-5-6-13(16)14(17)10-11/h5-6,10,12,21H,2-4,7-9H2,1H3. The van der Waals surface area contributed by atoms with E-state index >= 15 is 0 Å². The molecule has 6 heteroatoms. The van der Waals surface area contributed by atoms with Gasteiger partial charge in [-0.25, -0.2) is 8.78 Å². The Bertz CT molecular complexity index is 431. The molecule has 0 saturated carbocycles. The van der Waals surface area contributed by atoms with Crippen LogP contribution in [-0.4, -0.2) is 18.8 Å². The first kappa shape index (κ1) is 17.9. The first-order valence-corrected chi connectivity index (χ1v) is 7.06. The van der Waals surface area contributed by atoms with Crippen molar-refractivity contribution in [1.29, 1.82) is 0 Å². The van der Waals surface area contributed by atoms with Crippen LogP contribution in [0.5, 0.6) is 0 Å². The van der Waals surface area contributed by atoms with Crippen molar-refractivity contribution < 1.29 is 22.0 Å². The molecule has 0 aliphatic carbocycles. The molecule has 0 aromatic heterocycles. The number of hydrogen-bond donors (Lipinski definition) is 1. The van der Waals surface area contributed by atoms with Gasteiger partial charge in [-0.1, -0.05) is 13.0 Å². The van der Waals surface area contributed by atoms with E-state index in [-0.39, 0.29) is 12.5 Å². The Hall–Kier alpha value is -1.17. The summed E-state index contributed by atoms with van der Waals surface area (Å²) < 4.78 is 62.5. The lowest BCUT2D eigenvalue weighted by Crippen LogP contribution is -2.32. The molecule has 1 atom stereocenters. The molecule has 1 aromatic carbocycles. The molecule has 1 nitrogen and oxygen atoms in total. The van der Waals surface area contributed by atoms with Gasteiger partial charge < -0.3 is 5.32 Å².